The number of H-pyrrole nitrogens is 1. The monoisotopic (exact) mass is 510 g/mol. The van der Waals surface area contributed by atoms with Crippen LogP contribution in [0.4, 0.5) is 0 Å². The summed E-state index contributed by atoms with van der Waals surface area (Å²) in [6.07, 6.45) is 4.14. The van der Waals surface area contributed by atoms with Crippen LogP contribution in [-0.4, -0.2) is 56.2 Å². The third-order valence-electron chi connectivity index (χ3n) is 7.11. The molecule has 34 heavy (non-hydrogen) atoms. The van der Waals surface area contributed by atoms with Gasteiger partial charge in [0.2, 0.25) is 0 Å². The van der Waals surface area contributed by atoms with Crippen molar-refractivity contribution >= 4 is 17.1 Å². The molecule has 2 fully saturated rings. The summed E-state index contributed by atoms with van der Waals surface area (Å²) < 4.78 is 28.0. The number of nitrogens with one attached hydrogen (secondary N) is 1. The van der Waals surface area contributed by atoms with E-state index in [2.05, 4.69) is 66.3 Å². The molecule has 0 amide bonds. The number of terminal acetylenes is 1. The maximum absolute atomic E-state index is 12.6. The standard InChI is InChI=1S/C23H38N2O7Si2/c1-10-23(28)20-18(30-21(23)25-12-11-19(26)24-22(25)27)13-29-33(14(2)3,15(4)5)32-34(31-20,16(6)7)17(8)9/h1,11-12,14-18,20-21,28H,13H2,2-9H3,(H,24,26,27)/t18-,20?,21-,23-/m1/s1. The van der Waals surface area contributed by atoms with Crippen LogP contribution in [0.25, 0.3) is 0 Å². The van der Waals surface area contributed by atoms with E-state index in [1.807, 2.05) is 0 Å². The topological polar surface area (TPSA) is 112 Å². The first-order valence-electron chi connectivity index (χ1n) is 11.9. The van der Waals surface area contributed by atoms with Crippen molar-refractivity contribution in [1.29, 1.82) is 0 Å². The Labute approximate surface area is 203 Å². The SMILES string of the molecule is C#C[C@@]1(O)C2O[Si](C(C)C)(C(C)C)O[Si](C(C)C)(C(C)C)OC[C@H]2O[C@H]1n1ccc(=O)[nH]c1=O. The lowest BCUT2D eigenvalue weighted by molar-refractivity contribution is -0.0750. The largest absolute Gasteiger partial charge is 0.414 e. The summed E-state index contributed by atoms with van der Waals surface area (Å²) in [5, 5.41) is 11.7. The van der Waals surface area contributed by atoms with Crippen molar-refractivity contribution in [1.82, 2.24) is 9.55 Å². The fraction of sp³-hybridized carbons (Fsp3) is 0.739. The number of aromatic amines is 1. The van der Waals surface area contributed by atoms with E-state index in [9.17, 15) is 14.7 Å². The summed E-state index contributed by atoms with van der Waals surface area (Å²) in [5.74, 6) is 2.44. The van der Waals surface area contributed by atoms with Crippen molar-refractivity contribution in [2.75, 3.05) is 6.61 Å². The van der Waals surface area contributed by atoms with Crippen LogP contribution in [0.15, 0.2) is 21.9 Å². The van der Waals surface area contributed by atoms with Gasteiger partial charge in [0, 0.05) is 12.3 Å². The summed E-state index contributed by atoms with van der Waals surface area (Å²) in [6.45, 7) is 16.8. The predicted molar refractivity (Wildman–Crippen MR) is 133 cm³/mol. The molecular weight excluding hydrogens is 472 g/mol. The Hall–Kier alpha value is -1.53. The van der Waals surface area contributed by atoms with Crippen molar-refractivity contribution in [2.24, 2.45) is 0 Å². The molecule has 2 aliphatic heterocycles. The molecule has 0 aliphatic carbocycles. The van der Waals surface area contributed by atoms with E-state index in [0.29, 0.717) is 0 Å². The molecular formula is C23H38N2O7Si2. The number of fused-ring (bicyclic) bond motifs is 1. The minimum Gasteiger partial charge on any atom is -0.414 e. The van der Waals surface area contributed by atoms with E-state index >= 15 is 0 Å². The zero-order chi connectivity index (χ0) is 25.6. The average Bonchev–Trinajstić information content (AvgIpc) is 2.98. The molecule has 2 aliphatic rings. The van der Waals surface area contributed by atoms with Crippen LogP contribution in [0.2, 0.25) is 22.2 Å². The third kappa shape index (κ3) is 4.19. The Kier molecular flexibility index (Phi) is 7.56. The summed E-state index contributed by atoms with van der Waals surface area (Å²) >= 11 is 0. The van der Waals surface area contributed by atoms with Crippen molar-refractivity contribution in [2.45, 2.75) is 102 Å². The Morgan fingerprint density at radius 2 is 1.65 bits per heavy atom. The van der Waals surface area contributed by atoms with Gasteiger partial charge in [0.15, 0.2) is 11.8 Å². The maximum atomic E-state index is 12.6. The first-order valence-corrected chi connectivity index (χ1v) is 15.9. The number of aromatic nitrogens is 2. The first-order chi connectivity index (χ1) is 15.7. The summed E-state index contributed by atoms with van der Waals surface area (Å²) in [7, 11) is -5.88. The fourth-order valence-electron chi connectivity index (χ4n) is 5.22. The van der Waals surface area contributed by atoms with Crippen LogP contribution in [0.5, 0.6) is 0 Å². The van der Waals surface area contributed by atoms with Gasteiger partial charge >= 0.3 is 22.8 Å². The molecule has 0 radical (unpaired) electrons. The second kappa shape index (κ2) is 9.50. The highest BCUT2D eigenvalue weighted by Crippen LogP contribution is 2.50. The van der Waals surface area contributed by atoms with Gasteiger partial charge < -0.3 is 22.8 Å². The smallest absolute Gasteiger partial charge is 0.335 e. The molecule has 0 spiro atoms. The lowest BCUT2D eigenvalue weighted by atomic mass is 9.95. The predicted octanol–water partition coefficient (Wildman–Crippen LogP) is 2.75. The third-order valence-corrected chi connectivity index (χ3v) is 17.3. The molecule has 9 nitrogen and oxygen atoms in total. The quantitative estimate of drug-likeness (QED) is 0.463. The molecule has 0 bridgehead atoms. The van der Waals surface area contributed by atoms with Crippen LogP contribution in [-0.2, 0) is 17.7 Å². The van der Waals surface area contributed by atoms with E-state index in [4.69, 9.17) is 24.1 Å². The molecule has 4 atom stereocenters. The first kappa shape index (κ1) is 27.1. The summed E-state index contributed by atoms with van der Waals surface area (Å²) in [5.41, 5.74) is -2.95. The zero-order valence-corrected chi connectivity index (χ0v) is 23.3. The van der Waals surface area contributed by atoms with Gasteiger partial charge in [-0.25, -0.2) is 4.79 Å². The Morgan fingerprint density at radius 1 is 1.09 bits per heavy atom. The molecule has 0 aromatic carbocycles. The molecule has 3 rings (SSSR count). The summed E-state index contributed by atoms with van der Waals surface area (Å²) in [4.78, 5) is 26.4. The number of aliphatic hydroxyl groups is 1. The van der Waals surface area contributed by atoms with Gasteiger partial charge in [-0.3, -0.25) is 14.3 Å². The molecule has 1 aromatic heterocycles. The number of hydrogen-bond donors (Lipinski definition) is 2. The van der Waals surface area contributed by atoms with Gasteiger partial charge in [0.25, 0.3) is 5.56 Å². The Bertz CT molecular complexity index is 1030. The lowest BCUT2D eigenvalue weighted by Gasteiger charge is -2.51. The highest BCUT2D eigenvalue weighted by Gasteiger charge is 2.65. The molecule has 1 aromatic rings. The van der Waals surface area contributed by atoms with E-state index < -0.39 is 52.4 Å². The summed E-state index contributed by atoms with van der Waals surface area (Å²) in [6, 6.07) is 1.18. The van der Waals surface area contributed by atoms with Gasteiger partial charge in [0.1, 0.15) is 12.2 Å². The van der Waals surface area contributed by atoms with Crippen LogP contribution in [0, 0.1) is 12.3 Å². The minimum atomic E-state index is -3.07. The average molecular weight is 511 g/mol. The van der Waals surface area contributed by atoms with Gasteiger partial charge in [-0.2, -0.15) is 0 Å². The molecule has 11 heteroatoms. The second-order valence-corrected chi connectivity index (χ2v) is 19.4. The Morgan fingerprint density at radius 3 is 2.12 bits per heavy atom. The molecule has 3 heterocycles. The van der Waals surface area contributed by atoms with Crippen molar-refractivity contribution in [3.8, 4) is 12.3 Å². The van der Waals surface area contributed by atoms with Crippen LogP contribution < -0.4 is 11.2 Å². The molecule has 1 unspecified atom stereocenters. The minimum absolute atomic E-state index is 0.0242. The number of hydrogen-bond acceptors (Lipinski definition) is 7. The number of nitrogens with zero attached hydrogens (tertiary/aromatic N) is 1. The number of ether oxygens (including phenoxy) is 1. The normalized spacial score (nSPS) is 30.9. The van der Waals surface area contributed by atoms with E-state index in [-0.39, 0.29) is 28.8 Å². The van der Waals surface area contributed by atoms with Crippen molar-refractivity contribution in [3.05, 3.63) is 33.1 Å². The molecule has 190 valence electrons. The molecule has 2 saturated heterocycles. The van der Waals surface area contributed by atoms with Gasteiger partial charge in [-0.05, 0) is 22.2 Å². The van der Waals surface area contributed by atoms with E-state index in [0.717, 1.165) is 4.57 Å². The van der Waals surface area contributed by atoms with Crippen molar-refractivity contribution in [3.63, 3.8) is 0 Å². The maximum Gasteiger partial charge on any atom is 0.335 e. The zero-order valence-electron chi connectivity index (χ0n) is 21.3. The van der Waals surface area contributed by atoms with Gasteiger partial charge in [0.05, 0.1) is 6.61 Å². The number of rotatable bonds is 5. The second-order valence-electron chi connectivity index (χ2n) is 10.5. The highest BCUT2D eigenvalue weighted by molar-refractivity contribution is 6.84. The van der Waals surface area contributed by atoms with Crippen LogP contribution in [0.3, 0.4) is 0 Å². The van der Waals surface area contributed by atoms with E-state index in [1.54, 1.807) is 0 Å². The van der Waals surface area contributed by atoms with Crippen LogP contribution in [0.1, 0.15) is 61.6 Å². The Balaban J connectivity index is 2.19. The van der Waals surface area contributed by atoms with Gasteiger partial charge in [-0.1, -0.05) is 61.3 Å². The highest BCUT2D eigenvalue weighted by atomic mass is 28.5. The van der Waals surface area contributed by atoms with Crippen LogP contribution >= 0.6 is 0 Å². The molecule has 2 N–H and O–H groups in total. The fourth-order valence-corrected chi connectivity index (χ4v) is 16.4. The molecule has 0 saturated carbocycles. The van der Waals surface area contributed by atoms with E-state index in [1.165, 1.54) is 12.3 Å². The van der Waals surface area contributed by atoms with Gasteiger partial charge in [-0.15, -0.1) is 6.42 Å². The van der Waals surface area contributed by atoms with Crippen molar-refractivity contribution < 1.29 is 22.8 Å². The lowest BCUT2D eigenvalue weighted by Crippen LogP contribution is -2.67.